The molecule has 34 heavy (non-hydrogen) atoms. The van der Waals surface area contributed by atoms with E-state index in [4.69, 9.17) is 30.9 Å². The van der Waals surface area contributed by atoms with Gasteiger partial charge in [-0.25, -0.2) is 9.59 Å². The Balaban J connectivity index is 1.94. The van der Waals surface area contributed by atoms with Crippen molar-refractivity contribution in [2.75, 3.05) is 6.61 Å². The largest absolute Gasteiger partial charge is 0.506 e. The van der Waals surface area contributed by atoms with E-state index in [0.717, 1.165) is 0 Å². The molecule has 1 aromatic heterocycles. The van der Waals surface area contributed by atoms with Crippen LogP contribution >= 0.6 is 0 Å². The van der Waals surface area contributed by atoms with Gasteiger partial charge in [-0.1, -0.05) is 19.8 Å². The molecule has 0 bridgehead atoms. The SMILES string of the molecule is C#CCONC(=O)OC1=C(O)[C@H](Oc2ccc3c(O)c(C(N)=O)c(=O)oc3c2C)CC(C)(C)C1. The third-order valence-corrected chi connectivity index (χ3v) is 5.26. The van der Waals surface area contributed by atoms with Crippen LogP contribution in [0.2, 0.25) is 0 Å². The van der Waals surface area contributed by atoms with Crippen LogP contribution in [0.25, 0.3) is 11.0 Å². The highest BCUT2D eigenvalue weighted by Gasteiger charge is 2.38. The molecule has 0 unspecified atom stereocenters. The minimum absolute atomic E-state index is 0.00298. The second-order valence-corrected chi connectivity index (χ2v) is 8.49. The maximum atomic E-state index is 12.1. The summed E-state index contributed by atoms with van der Waals surface area (Å²) >= 11 is 0. The molecule has 1 aromatic carbocycles. The van der Waals surface area contributed by atoms with E-state index in [1.807, 2.05) is 19.3 Å². The fourth-order valence-corrected chi connectivity index (χ4v) is 3.70. The average molecular weight is 472 g/mol. The number of carbonyl (C=O) groups excluding carboxylic acids is 2. The summed E-state index contributed by atoms with van der Waals surface area (Å²) < 4.78 is 16.4. The van der Waals surface area contributed by atoms with E-state index >= 15 is 0 Å². The van der Waals surface area contributed by atoms with Crippen molar-refractivity contribution in [1.29, 1.82) is 0 Å². The fourth-order valence-electron chi connectivity index (χ4n) is 3.70. The zero-order valence-corrected chi connectivity index (χ0v) is 18.8. The van der Waals surface area contributed by atoms with Gasteiger partial charge in [0.1, 0.15) is 23.7 Å². The first-order valence-corrected chi connectivity index (χ1v) is 10.2. The molecule has 2 amide bonds. The van der Waals surface area contributed by atoms with Gasteiger partial charge in [-0.3, -0.25) is 9.63 Å². The molecule has 0 aliphatic heterocycles. The summed E-state index contributed by atoms with van der Waals surface area (Å²) in [6, 6.07) is 2.88. The summed E-state index contributed by atoms with van der Waals surface area (Å²) in [5.74, 6) is 0.403. The number of carbonyl (C=O) groups is 2. The molecule has 180 valence electrons. The van der Waals surface area contributed by atoms with Crippen LogP contribution in [0.15, 0.2) is 32.9 Å². The van der Waals surface area contributed by atoms with Crippen LogP contribution in [0.5, 0.6) is 11.5 Å². The molecular formula is C23H24N2O9. The Bertz CT molecular complexity index is 1280. The number of fused-ring (bicyclic) bond motifs is 1. The van der Waals surface area contributed by atoms with Crippen molar-refractivity contribution in [2.45, 2.75) is 39.7 Å². The minimum Gasteiger partial charge on any atom is -0.506 e. The van der Waals surface area contributed by atoms with Gasteiger partial charge in [-0.05, 0) is 30.9 Å². The fraction of sp³-hybridized carbons (Fsp3) is 0.348. The Morgan fingerprint density at radius 1 is 1.35 bits per heavy atom. The van der Waals surface area contributed by atoms with E-state index in [-0.39, 0.29) is 41.3 Å². The smallest absolute Gasteiger partial charge is 0.436 e. The highest BCUT2D eigenvalue weighted by molar-refractivity contribution is 6.01. The van der Waals surface area contributed by atoms with E-state index < -0.39 is 40.5 Å². The number of aryl methyl sites for hydroxylation is 1. The van der Waals surface area contributed by atoms with Gasteiger partial charge in [0.15, 0.2) is 23.2 Å². The number of rotatable bonds is 6. The number of aliphatic hydroxyl groups is 1. The Morgan fingerprint density at radius 3 is 2.71 bits per heavy atom. The molecule has 3 rings (SSSR count). The predicted octanol–water partition coefficient (Wildman–Crippen LogP) is 2.53. The molecule has 1 aliphatic rings. The maximum Gasteiger partial charge on any atom is 0.436 e. The number of hydrogen-bond acceptors (Lipinski definition) is 9. The first kappa shape index (κ1) is 24.5. The van der Waals surface area contributed by atoms with Gasteiger partial charge in [0.2, 0.25) is 0 Å². The van der Waals surface area contributed by atoms with Crippen LogP contribution < -0.4 is 21.6 Å². The lowest BCUT2D eigenvalue weighted by Gasteiger charge is -2.35. The van der Waals surface area contributed by atoms with Crippen molar-refractivity contribution in [2.24, 2.45) is 11.1 Å². The number of aliphatic hydroxyl groups excluding tert-OH is 1. The second kappa shape index (κ2) is 9.36. The quantitative estimate of drug-likeness (QED) is 0.213. The Morgan fingerprint density at radius 2 is 2.06 bits per heavy atom. The number of nitrogens with one attached hydrogen (secondary N) is 1. The zero-order chi connectivity index (χ0) is 25.2. The van der Waals surface area contributed by atoms with Crippen molar-refractivity contribution >= 4 is 23.0 Å². The minimum atomic E-state index is -1.12. The number of allylic oxidation sites excluding steroid dienone is 1. The molecule has 11 nitrogen and oxygen atoms in total. The van der Waals surface area contributed by atoms with Gasteiger partial charge in [0.25, 0.3) is 5.91 Å². The van der Waals surface area contributed by atoms with Crippen LogP contribution in [0, 0.1) is 24.7 Å². The van der Waals surface area contributed by atoms with Crippen LogP contribution in [0.4, 0.5) is 4.79 Å². The third-order valence-electron chi connectivity index (χ3n) is 5.26. The van der Waals surface area contributed by atoms with Gasteiger partial charge in [-0.2, -0.15) is 5.48 Å². The number of hydroxylamine groups is 1. The second-order valence-electron chi connectivity index (χ2n) is 8.49. The number of benzene rings is 1. The number of aromatic hydroxyl groups is 1. The zero-order valence-electron chi connectivity index (χ0n) is 18.8. The van der Waals surface area contributed by atoms with Crippen LogP contribution in [0.3, 0.4) is 0 Å². The van der Waals surface area contributed by atoms with Crippen molar-refractivity contribution in [3.05, 3.63) is 45.2 Å². The van der Waals surface area contributed by atoms with E-state index in [9.17, 15) is 24.6 Å². The highest BCUT2D eigenvalue weighted by Crippen LogP contribution is 2.41. The molecule has 11 heteroatoms. The summed E-state index contributed by atoms with van der Waals surface area (Å²) in [6.45, 7) is 5.22. The predicted molar refractivity (Wildman–Crippen MR) is 119 cm³/mol. The lowest BCUT2D eigenvalue weighted by molar-refractivity contribution is 0.0370. The number of amides is 2. The molecule has 2 aromatic rings. The standard InChI is InChI=1S/C23H24N2O9/c1-5-8-31-25-22(30)33-15-10-23(3,4)9-14(18(15)27)32-13-7-6-12-17(26)16(20(24)28)21(29)34-19(12)11(13)2/h1,6-7,14,26-27H,8-10H2,2-4H3,(H2,24,28)(H,25,30)/t14-/m1/s1. The first-order valence-electron chi connectivity index (χ1n) is 10.2. The molecule has 1 aliphatic carbocycles. The van der Waals surface area contributed by atoms with E-state index in [0.29, 0.717) is 12.0 Å². The van der Waals surface area contributed by atoms with Crippen LogP contribution in [-0.4, -0.2) is 34.9 Å². The van der Waals surface area contributed by atoms with Gasteiger partial charge in [0, 0.05) is 12.0 Å². The molecule has 1 atom stereocenters. The average Bonchev–Trinajstić information content (AvgIpc) is 2.73. The molecule has 5 N–H and O–H groups in total. The Hall–Kier alpha value is -4.17. The van der Waals surface area contributed by atoms with Gasteiger partial charge < -0.3 is 29.8 Å². The normalized spacial score (nSPS) is 17.2. The Kier molecular flexibility index (Phi) is 6.74. The molecule has 0 fully saturated rings. The topological polar surface area (TPSA) is 171 Å². The number of nitrogens with two attached hydrogens (primary N) is 1. The van der Waals surface area contributed by atoms with Crippen molar-refractivity contribution in [1.82, 2.24) is 5.48 Å². The molecule has 0 radical (unpaired) electrons. The number of primary amides is 1. The maximum absolute atomic E-state index is 12.1. The van der Waals surface area contributed by atoms with E-state index in [1.54, 1.807) is 6.92 Å². The molecular weight excluding hydrogens is 448 g/mol. The first-order chi connectivity index (χ1) is 15.9. The summed E-state index contributed by atoms with van der Waals surface area (Å²) in [5.41, 5.74) is 5.32. The van der Waals surface area contributed by atoms with Crippen LogP contribution in [0.1, 0.15) is 42.6 Å². The lowest BCUT2D eigenvalue weighted by atomic mass is 9.78. The molecule has 0 saturated heterocycles. The molecule has 0 spiro atoms. The monoisotopic (exact) mass is 472 g/mol. The lowest BCUT2D eigenvalue weighted by Crippen LogP contribution is -2.35. The highest BCUT2D eigenvalue weighted by atomic mass is 16.7. The number of hydrogen-bond donors (Lipinski definition) is 4. The van der Waals surface area contributed by atoms with Gasteiger partial charge in [-0.15, -0.1) is 6.42 Å². The number of terminal acetylenes is 1. The summed E-state index contributed by atoms with van der Waals surface area (Å²) in [5, 5.41) is 21.2. The summed E-state index contributed by atoms with van der Waals surface area (Å²) in [7, 11) is 0. The summed E-state index contributed by atoms with van der Waals surface area (Å²) in [6.07, 6.45) is 3.79. The van der Waals surface area contributed by atoms with Crippen molar-refractivity contribution < 1.29 is 38.5 Å². The molecule has 0 saturated carbocycles. The van der Waals surface area contributed by atoms with Crippen molar-refractivity contribution in [3.63, 3.8) is 0 Å². The molecule has 1 heterocycles. The van der Waals surface area contributed by atoms with Crippen LogP contribution in [-0.2, 0) is 9.57 Å². The van der Waals surface area contributed by atoms with Gasteiger partial charge in [0.05, 0.1) is 5.39 Å². The Labute approximate surface area is 194 Å². The number of ether oxygens (including phenoxy) is 2. The van der Waals surface area contributed by atoms with Gasteiger partial charge >= 0.3 is 11.7 Å². The van der Waals surface area contributed by atoms with E-state index in [2.05, 4.69) is 5.92 Å². The third kappa shape index (κ3) is 4.92. The summed E-state index contributed by atoms with van der Waals surface area (Å²) in [4.78, 5) is 40.3. The van der Waals surface area contributed by atoms with E-state index in [1.165, 1.54) is 12.1 Å². The van der Waals surface area contributed by atoms with Crippen molar-refractivity contribution in [3.8, 4) is 23.8 Å².